The highest BCUT2D eigenvalue weighted by atomic mass is 35.5. The van der Waals surface area contributed by atoms with Gasteiger partial charge in [-0.3, -0.25) is 0 Å². The van der Waals surface area contributed by atoms with Crippen molar-refractivity contribution >= 4 is 34.1 Å². The van der Waals surface area contributed by atoms with Crippen LogP contribution in [0.1, 0.15) is 11.1 Å². The molecule has 0 aliphatic rings. The van der Waals surface area contributed by atoms with Crippen molar-refractivity contribution in [2.75, 3.05) is 5.32 Å². The average Bonchev–Trinajstić information content (AvgIpc) is 3.03. The first-order chi connectivity index (χ1) is 12.2. The lowest BCUT2D eigenvalue weighted by Crippen LogP contribution is -2.03. The van der Waals surface area contributed by atoms with Gasteiger partial charge in [-0.2, -0.15) is 5.10 Å². The molecule has 0 saturated heterocycles. The molecule has 2 aromatic heterocycles. The largest absolute Gasteiger partial charge is 0.340 e. The molecule has 5 nitrogen and oxygen atoms in total. The van der Waals surface area contributed by atoms with Crippen molar-refractivity contribution < 1.29 is 0 Å². The lowest BCUT2D eigenvalue weighted by molar-refractivity contribution is 0.703. The molecule has 2 heterocycles. The molecule has 0 saturated carbocycles. The fraction of sp³-hybridized carbons (Fsp3) is 0.105. The van der Waals surface area contributed by atoms with E-state index in [4.69, 9.17) is 11.6 Å². The van der Waals surface area contributed by atoms with Gasteiger partial charge in [0.25, 0.3) is 0 Å². The summed E-state index contributed by atoms with van der Waals surface area (Å²) in [6.07, 6.45) is 3.34. The summed E-state index contributed by atoms with van der Waals surface area (Å²) in [5, 5.41) is 9.36. The van der Waals surface area contributed by atoms with Crippen molar-refractivity contribution in [2.45, 2.75) is 13.5 Å². The Morgan fingerprint density at radius 3 is 2.52 bits per heavy atom. The molecule has 4 aromatic rings. The van der Waals surface area contributed by atoms with E-state index < -0.39 is 0 Å². The fourth-order valence-electron chi connectivity index (χ4n) is 2.64. The highest BCUT2D eigenvalue weighted by molar-refractivity contribution is 6.30. The van der Waals surface area contributed by atoms with Gasteiger partial charge in [0, 0.05) is 10.7 Å². The molecule has 0 unspecified atom stereocenters. The minimum atomic E-state index is 0.668. The Balaban J connectivity index is 1.65. The number of fused-ring (bicyclic) bond motifs is 1. The van der Waals surface area contributed by atoms with Crippen LogP contribution in [-0.2, 0) is 6.54 Å². The van der Waals surface area contributed by atoms with Crippen LogP contribution in [0.5, 0.6) is 0 Å². The summed E-state index contributed by atoms with van der Waals surface area (Å²) < 4.78 is 1.88. The molecule has 0 spiro atoms. The highest BCUT2D eigenvalue weighted by Crippen LogP contribution is 2.24. The summed E-state index contributed by atoms with van der Waals surface area (Å²) in [7, 11) is 0. The van der Waals surface area contributed by atoms with Crippen molar-refractivity contribution in [3.63, 3.8) is 0 Å². The van der Waals surface area contributed by atoms with Crippen LogP contribution in [0.2, 0.25) is 5.02 Å². The second-order valence-corrected chi connectivity index (χ2v) is 6.32. The normalized spacial score (nSPS) is 11.0. The van der Waals surface area contributed by atoms with Crippen LogP contribution in [0.4, 0.5) is 11.5 Å². The third-order valence-electron chi connectivity index (χ3n) is 3.99. The molecule has 0 bridgehead atoms. The zero-order valence-corrected chi connectivity index (χ0v) is 14.4. The van der Waals surface area contributed by atoms with Gasteiger partial charge in [0.1, 0.15) is 12.1 Å². The number of nitrogens with zero attached hydrogens (tertiary/aromatic N) is 4. The van der Waals surface area contributed by atoms with E-state index in [1.807, 2.05) is 28.9 Å². The predicted octanol–water partition coefficient (Wildman–Crippen LogP) is 4.58. The van der Waals surface area contributed by atoms with E-state index >= 15 is 0 Å². The van der Waals surface area contributed by atoms with E-state index in [9.17, 15) is 0 Å². The van der Waals surface area contributed by atoms with E-state index in [2.05, 4.69) is 51.6 Å². The minimum Gasteiger partial charge on any atom is -0.340 e. The van der Waals surface area contributed by atoms with E-state index in [1.165, 1.54) is 11.1 Å². The molecule has 0 amide bonds. The summed E-state index contributed by atoms with van der Waals surface area (Å²) in [6.45, 7) is 2.75. The third-order valence-corrected chi connectivity index (χ3v) is 4.25. The third kappa shape index (κ3) is 3.32. The monoisotopic (exact) mass is 349 g/mol. The number of benzene rings is 2. The fourth-order valence-corrected chi connectivity index (χ4v) is 2.77. The number of halogens is 1. The van der Waals surface area contributed by atoms with Crippen LogP contribution in [-0.4, -0.2) is 19.7 Å². The van der Waals surface area contributed by atoms with Gasteiger partial charge in [0.15, 0.2) is 5.65 Å². The van der Waals surface area contributed by atoms with Gasteiger partial charge in [-0.1, -0.05) is 41.4 Å². The standard InChI is InChI=1S/C19H16ClN5/c1-13-2-4-14(5-3-13)11-25-19-17(10-23-25)18(21-12-22-19)24-16-8-6-15(20)7-9-16/h2-10,12H,11H2,1H3,(H,21,22,24). The molecule has 6 heteroatoms. The molecule has 2 aromatic carbocycles. The van der Waals surface area contributed by atoms with Crippen molar-refractivity contribution in [2.24, 2.45) is 0 Å². The molecule has 0 radical (unpaired) electrons. The minimum absolute atomic E-state index is 0.668. The number of aromatic nitrogens is 4. The van der Waals surface area contributed by atoms with Gasteiger partial charge in [-0.15, -0.1) is 0 Å². The lowest BCUT2D eigenvalue weighted by atomic mass is 10.1. The van der Waals surface area contributed by atoms with Gasteiger partial charge in [-0.05, 0) is 36.8 Å². The van der Waals surface area contributed by atoms with Crippen LogP contribution in [0.3, 0.4) is 0 Å². The molecule has 0 aliphatic carbocycles. The van der Waals surface area contributed by atoms with E-state index in [0.717, 1.165) is 22.5 Å². The number of anilines is 2. The first-order valence-electron chi connectivity index (χ1n) is 7.94. The van der Waals surface area contributed by atoms with E-state index in [-0.39, 0.29) is 0 Å². The summed E-state index contributed by atoms with van der Waals surface area (Å²) in [5.74, 6) is 0.725. The summed E-state index contributed by atoms with van der Waals surface area (Å²) in [5.41, 5.74) is 4.13. The van der Waals surface area contributed by atoms with Crippen LogP contribution in [0.25, 0.3) is 11.0 Å². The van der Waals surface area contributed by atoms with Crippen molar-refractivity contribution in [1.82, 2.24) is 19.7 Å². The first-order valence-corrected chi connectivity index (χ1v) is 8.31. The Morgan fingerprint density at radius 2 is 1.76 bits per heavy atom. The molecule has 124 valence electrons. The van der Waals surface area contributed by atoms with Crippen molar-refractivity contribution in [3.05, 3.63) is 77.2 Å². The quantitative estimate of drug-likeness (QED) is 0.586. The molecule has 0 aliphatic heterocycles. The van der Waals surface area contributed by atoms with E-state index in [1.54, 1.807) is 12.5 Å². The Kier molecular flexibility index (Phi) is 4.07. The predicted molar refractivity (Wildman–Crippen MR) is 100 cm³/mol. The van der Waals surface area contributed by atoms with Gasteiger partial charge in [0.05, 0.1) is 18.1 Å². The smallest absolute Gasteiger partial charge is 0.163 e. The van der Waals surface area contributed by atoms with Crippen LogP contribution < -0.4 is 5.32 Å². The van der Waals surface area contributed by atoms with Crippen LogP contribution in [0, 0.1) is 6.92 Å². The maximum absolute atomic E-state index is 5.93. The number of aryl methyl sites for hydroxylation is 1. The number of hydrogen-bond acceptors (Lipinski definition) is 4. The Bertz CT molecular complexity index is 1010. The first kappa shape index (κ1) is 15.6. The topological polar surface area (TPSA) is 55.6 Å². The van der Waals surface area contributed by atoms with Gasteiger partial charge >= 0.3 is 0 Å². The van der Waals surface area contributed by atoms with Gasteiger partial charge in [-0.25, -0.2) is 14.6 Å². The van der Waals surface area contributed by atoms with Crippen LogP contribution in [0.15, 0.2) is 61.1 Å². The Morgan fingerprint density at radius 1 is 1.00 bits per heavy atom. The second-order valence-electron chi connectivity index (χ2n) is 5.88. The highest BCUT2D eigenvalue weighted by Gasteiger charge is 2.10. The Labute approximate surface area is 150 Å². The lowest BCUT2D eigenvalue weighted by Gasteiger charge is -2.07. The summed E-state index contributed by atoms with van der Waals surface area (Å²) in [4.78, 5) is 8.75. The molecule has 1 N–H and O–H groups in total. The zero-order valence-electron chi connectivity index (χ0n) is 13.6. The maximum Gasteiger partial charge on any atom is 0.163 e. The van der Waals surface area contributed by atoms with Crippen molar-refractivity contribution in [1.29, 1.82) is 0 Å². The summed E-state index contributed by atoms with van der Waals surface area (Å²) >= 11 is 5.93. The molecular formula is C19H16ClN5. The number of rotatable bonds is 4. The molecule has 0 atom stereocenters. The molecule has 4 rings (SSSR count). The summed E-state index contributed by atoms with van der Waals surface area (Å²) in [6, 6.07) is 15.9. The molecular weight excluding hydrogens is 334 g/mol. The molecule has 0 fully saturated rings. The van der Waals surface area contributed by atoms with Crippen LogP contribution >= 0.6 is 11.6 Å². The average molecular weight is 350 g/mol. The SMILES string of the molecule is Cc1ccc(Cn2ncc3c(Nc4ccc(Cl)cc4)ncnc32)cc1. The number of hydrogen-bond donors (Lipinski definition) is 1. The number of nitrogens with one attached hydrogen (secondary N) is 1. The Hall–Kier alpha value is -2.92. The zero-order chi connectivity index (χ0) is 17.2. The van der Waals surface area contributed by atoms with Crippen molar-refractivity contribution in [3.8, 4) is 0 Å². The molecule has 25 heavy (non-hydrogen) atoms. The maximum atomic E-state index is 5.93. The van der Waals surface area contributed by atoms with Gasteiger partial charge < -0.3 is 5.32 Å². The second kappa shape index (κ2) is 6.53. The van der Waals surface area contributed by atoms with E-state index in [0.29, 0.717) is 11.6 Å². The van der Waals surface area contributed by atoms with Gasteiger partial charge in [0.2, 0.25) is 0 Å².